The molecule has 5 rings (SSSR count). The highest BCUT2D eigenvalue weighted by Gasteiger charge is 2.59. The van der Waals surface area contributed by atoms with E-state index in [0.717, 1.165) is 37.0 Å². The Hall–Kier alpha value is -0.600. The molecule has 3 saturated carbocycles. The average Bonchev–Trinajstić information content (AvgIpc) is 3.32. The predicted molar refractivity (Wildman–Crippen MR) is 118 cm³/mol. The molecule has 1 heterocycles. The zero-order valence-corrected chi connectivity index (χ0v) is 19.3. The number of aliphatic hydroxyl groups excluding tert-OH is 1. The van der Waals surface area contributed by atoms with Gasteiger partial charge in [-0.15, -0.1) is 0 Å². The van der Waals surface area contributed by atoms with Crippen LogP contribution in [0.5, 0.6) is 0 Å². The molecule has 4 unspecified atom stereocenters. The number of allylic oxidation sites excluding steroid dienone is 3. The van der Waals surface area contributed by atoms with E-state index in [9.17, 15) is 5.11 Å². The quantitative estimate of drug-likeness (QED) is 0.564. The molecule has 0 radical (unpaired) electrons. The van der Waals surface area contributed by atoms with Crippen LogP contribution in [-0.2, 0) is 4.74 Å². The van der Waals surface area contributed by atoms with Crippen molar-refractivity contribution < 1.29 is 9.84 Å². The fourth-order valence-corrected chi connectivity index (χ4v) is 8.39. The zero-order chi connectivity index (χ0) is 20.6. The summed E-state index contributed by atoms with van der Waals surface area (Å²) < 4.78 is 6.18. The number of ether oxygens (including phenoxy) is 1. The second kappa shape index (κ2) is 6.95. The van der Waals surface area contributed by atoms with Crippen LogP contribution in [-0.4, -0.2) is 23.4 Å². The van der Waals surface area contributed by atoms with Crippen LogP contribution >= 0.6 is 0 Å². The molecule has 5 aliphatic rings. The molecule has 1 saturated heterocycles. The Morgan fingerprint density at radius 3 is 2.59 bits per heavy atom. The Labute approximate surface area is 178 Å². The van der Waals surface area contributed by atoms with E-state index in [4.69, 9.17) is 4.74 Å². The van der Waals surface area contributed by atoms with Crippen molar-refractivity contribution in [3.63, 3.8) is 0 Å². The third-order valence-corrected chi connectivity index (χ3v) is 10.1. The van der Waals surface area contributed by atoms with E-state index in [1.54, 1.807) is 5.57 Å². The van der Waals surface area contributed by atoms with Crippen LogP contribution in [0.15, 0.2) is 23.3 Å². The fraction of sp³-hybridized carbons (Fsp3) is 0.852. The van der Waals surface area contributed by atoms with Gasteiger partial charge in [0.1, 0.15) is 0 Å². The van der Waals surface area contributed by atoms with Gasteiger partial charge in [0.05, 0.1) is 18.3 Å². The lowest BCUT2D eigenvalue weighted by molar-refractivity contribution is 0.0299. The lowest BCUT2D eigenvalue weighted by Crippen LogP contribution is -2.46. The van der Waals surface area contributed by atoms with Crippen molar-refractivity contribution in [2.24, 2.45) is 40.4 Å². The lowest BCUT2D eigenvalue weighted by atomic mass is 9.50. The minimum atomic E-state index is -0.118. The zero-order valence-electron chi connectivity index (χ0n) is 19.3. The molecule has 29 heavy (non-hydrogen) atoms. The first-order valence-corrected chi connectivity index (χ1v) is 12.5. The maximum absolute atomic E-state index is 10.2. The van der Waals surface area contributed by atoms with E-state index >= 15 is 0 Å². The van der Waals surface area contributed by atoms with Gasteiger partial charge in [0.15, 0.2) is 0 Å². The molecule has 2 nitrogen and oxygen atoms in total. The van der Waals surface area contributed by atoms with Crippen LogP contribution in [0.4, 0.5) is 0 Å². The summed E-state index contributed by atoms with van der Waals surface area (Å²) >= 11 is 0. The van der Waals surface area contributed by atoms with Gasteiger partial charge in [-0.2, -0.15) is 0 Å². The van der Waals surface area contributed by atoms with E-state index in [2.05, 4.69) is 46.8 Å². The van der Waals surface area contributed by atoms with Gasteiger partial charge in [-0.05, 0) is 91.8 Å². The van der Waals surface area contributed by atoms with Crippen LogP contribution in [0, 0.1) is 40.4 Å². The third-order valence-electron chi connectivity index (χ3n) is 10.1. The van der Waals surface area contributed by atoms with Gasteiger partial charge < -0.3 is 9.84 Å². The summed E-state index contributed by atoms with van der Waals surface area (Å²) in [5, 5.41) is 10.2. The maximum atomic E-state index is 10.2. The van der Waals surface area contributed by atoms with Crippen molar-refractivity contribution >= 4 is 0 Å². The topological polar surface area (TPSA) is 32.8 Å². The van der Waals surface area contributed by atoms with E-state index < -0.39 is 0 Å². The Morgan fingerprint density at radius 1 is 1.03 bits per heavy atom. The Balaban J connectivity index is 1.37. The summed E-state index contributed by atoms with van der Waals surface area (Å²) in [5.74, 6) is 3.72. The van der Waals surface area contributed by atoms with E-state index in [0.29, 0.717) is 34.9 Å². The molecule has 0 bridgehead atoms. The second-order valence-corrected chi connectivity index (χ2v) is 12.1. The first-order chi connectivity index (χ1) is 13.7. The summed E-state index contributed by atoms with van der Waals surface area (Å²) in [7, 11) is 0. The van der Waals surface area contributed by atoms with Gasteiger partial charge in [0.2, 0.25) is 0 Å². The van der Waals surface area contributed by atoms with Gasteiger partial charge in [-0.1, -0.05) is 57.9 Å². The van der Waals surface area contributed by atoms with E-state index in [1.807, 2.05) is 0 Å². The Kier molecular flexibility index (Phi) is 4.87. The largest absolute Gasteiger partial charge is 0.393 e. The second-order valence-electron chi connectivity index (χ2n) is 12.1. The number of fused-ring (bicyclic) bond motifs is 5. The molecule has 4 aliphatic carbocycles. The summed E-state index contributed by atoms with van der Waals surface area (Å²) in [5.41, 5.74) is 4.05. The maximum Gasteiger partial charge on any atom is 0.0870 e. The van der Waals surface area contributed by atoms with Crippen molar-refractivity contribution in [2.45, 2.75) is 104 Å². The highest BCUT2D eigenvalue weighted by molar-refractivity contribution is 5.39. The first kappa shape index (κ1) is 20.3. The summed E-state index contributed by atoms with van der Waals surface area (Å²) in [4.78, 5) is 0. The van der Waals surface area contributed by atoms with Crippen LogP contribution in [0.25, 0.3) is 0 Å². The number of aliphatic hydroxyl groups is 1. The smallest absolute Gasteiger partial charge is 0.0870 e. The molecule has 2 heteroatoms. The van der Waals surface area contributed by atoms with Gasteiger partial charge in [-0.25, -0.2) is 0 Å². The van der Waals surface area contributed by atoms with Crippen molar-refractivity contribution in [3.05, 3.63) is 23.3 Å². The fourth-order valence-electron chi connectivity index (χ4n) is 8.39. The predicted octanol–water partition coefficient (Wildman–Crippen LogP) is 6.30. The Morgan fingerprint density at radius 2 is 1.83 bits per heavy atom. The number of hydrogen-bond acceptors (Lipinski definition) is 2. The van der Waals surface area contributed by atoms with Crippen LogP contribution in [0.3, 0.4) is 0 Å². The lowest BCUT2D eigenvalue weighted by Gasteiger charge is -2.55. The SMILES string of the molecule is CC(C)CC1O[C@H]1[C@@H](C)C1CCC2C3=CC=C4C[C@@H](O)CC[C@]4(C)C3CC[C@@]21C. The van der Waals surface area contributed by atoms with Crippen LogP contribution in [0.2, 0.25) is 0 Å². The number of epoxide rings is 1. The van der Waals surface area contributed by atoms with Crippen molar-refractivity contribution in [3.8, 4) is 0 Å². The first-order valence-electron chi connectivity index (χ1n) is 12.5. The minimum Gasteiger partial charge on any atom is -0.393 e. The number of hydrogen-bond donors (Lipinski definition) is 1. The molecule has 0 aromatic carbocycles. The van der Waals surface area contributed by atoms with Crippen LogP contribution < -0.4 is 0 Å². The molecule has 1 aliphatic heterocycles. The van der Waals surface area contributed by atoms with Crippen molar-refractivity contribution in [1.29, 1.82) is 0 Å². The highest BCUT2D eigenvalue weighted by atomic mass is 16.6. The molecule has 9 atom stereocenters. The standard InChI is InChI=1S/C27H42O2/c1-16(2)14-24-25(29-24)17(3)21-8-9-22-20-7-6-18-15-19(28)10-12-26(18,4)23(20)11-13-27(21,22)5/h6-7,16-17,19,21-25,28H,8-15H2,1-5H3/t17-,19-,21?,22?,23?,24?,25-,26-,27+/m0/s1. The summed E-state index contributed by atoms with van der Waals surface area (Å²) in [6.07, 6.45) is 15.6. The van der Waals surface area contributed by atoms with Crippen molar-refractivity contribution in [2.75, 3.05) is 0 Å². The summed E-state index contributed by atoms with van der Waals surface area (Å²) in [6, 6.07) is 0. The van der Waals surface area contributed by atoms with Gasteiger partial charge >= 0.3 is 0 Å². The van der Waals surface area contributed by atoms with Gasteiger partial charge in [0.25, 0.3) is 0 Å². The molecule has 0 amide bonds. The summed E-state index contributed by atoms with van der Waals surface area (Å²) in [6.45, 7) is 12.3. The highest BCUT2D eigenvalue weighted by Crippen LogP contribution is 2.66. The number of rotatable bonds is 4. The molecular formula is C27H42O2. The molecule has 162 valence electrons. The monoisotopic (exact) mass is 398 g/mol. The third kappa shape index (κ3) is 3.11. The average molecular weight is 399 g/mol. The normalized spacial score (nSPS) is 49.6. The molecule has 0 spiro atoms. The van der Waals surface area contributed by atoms with Gasteiger partial charge in [0, 0.05) is 0 Å². The molecule has 0 aromatic heterocycles. The minimum absolute atomic E-state index is 0.118. The van der Waals surface area contributed by atoms with Gasteiger partial charge in [-0.3, -0.25) is 0 Å². The molecule has 4 fully saturated rings. The van der Waals surface area contributed by atoms with E-state index in [-0.39, 0.29) is 6.10 Å². The van der Waals surface area contributed by atoms with Crippen molar-refractivity contribution in [1.82, 2.24) is 0 Å². The van der Waals surface area contributed by atoms with E-state index in [1.165, 1.54) is 37.7 Å². The Bertz CT molecular complexity index is 720. The molecule has 0 aromatic rings. The molecule has 1 N–H and O–H groups in total. The molecular weight excluding hydrogens is 356 g/mol. The van der Waals surface area contributed by atoms with Crippen LogP contribution in [0.1, 0.15) is 86.0 Å².